The first kappa shape index (κ1) is 18.7. The molecule has 0 radical (unpaired) electrons. The first-order valence-electron chi connectivity index (χ1n) is 9.68. The van der Waals surface area contributed by atoms with E-state index in [1.54, 1.807) is 0 Å². The number of hydrazone groups is 1. The molecule has 3 aromatic rings. The number of hydrogen-bond acceptors (Lipinski definition) is 3. The average Bonchev–Trinajstić information content (AvgIpc) is 2.76. The summed E-state index contributed by atoms with van der Waals surface area (Å²) >= 11 is 6.28. The summed E-state index contributed by atoms with van der Waals surface area (Å²) in [5.74, 6) is 0. The van der Waals surface area contributed by atoms with Crippen LogP contribution in [-0.4, -0.2) is 42.3 Å². The van der Waals surface area contributed by atoms with Crippen LogP contribution in [0.5, 0.6) is 0 Å². The van der Waals surface area contributed by atoms with Gasteiger partial charge in [0.1, 0.15) is 0 Å². The van der Waals surface area contributed by atoms with Gasteiger partial charge in [0.2, 0.25) is 0 Å². The highest BCUT2D eigenvalue weighted by Gasteiger charge is 2.16. The fourth-order valence-corrected chi connectivity index (χ4v) is 3.61. The van der Waals surface area contributed by atoms with Gasteiger partial charge in [-0.25, -0.2) is 0 Å². The Morgan fingerprint density at radius 2 is 1.39 bits per heavy atom. The predicted octanol–water partition coefficient (Wildman–Crippen LogP) is 5.16. The van der Waals surface area contributed by atoms with Crippen molar-refractivity contribution >= 4 is 17.8 Å². The maximum absolute atomic E-state index is 6.28. The van der Waals surface area contributed by atoms with Gasteiger partial charge < -0.3 is 0 Å². The molecule has 1 aliphatic heterocycles. The summed E-state index contributed by atoms with van der Waals surface area (Å²) in [5.41, 5.74) is 4.78. The molecular weight excluding hydrogens is 366 g/mol. The molecule has 1 fully saturated rings. The van der Waals surface area contributed by atoms with Crippen LogP contribution in [0.15, 0.2) is 84.0 Å². The fourth-order valence-electron chi connectivity index (χ4n) is 3.42. The summed E-state index contributed by atoms with van der Waals surface area (Å²) in [7, 11) is 0. The molecule has 1 heterocycles. The van der Waals surface area contributed by atoms with Crippen LogP contribution in [0, 0.1) is 0 Å². The van der Waals surface area contributed by atoms with Crippen LogP contribution in [0.1, 0.15) is 11.1 Å². The Hall–Kier alpha value is -2.62. The number of halogens is 1. The van der Waals surface area contributed by atoms with Gasteiger partial charge in [-0.2, -0.15) is 5.10 Å². The molecule has 0 saturated carbocycles. The van der Waals surface area contributed by atoms with Crippen LogP contribution in [0.4, 0.5) is 0 Å². The van der Waals surface area contributed by atoms with Gasteiger partial charge in [0.15, 0.2) is 0 Å². The fraction of sp³-hybridized carbons (Fsp3) is 0.208. The highest BCUT2D eigenvalue weighted by Crippen LogP contribution is 2.19. The molecule has 1 aliphatic rings. The third kappa shape index (κ3) is 4.80. The van der Waals surface area contributed by atoms with Gasteiger partial charge in [-0.05, 0) is 28.3 Å². The zero-order valence-corrected chi connectivity index (χ0v) is 16.6. The van der Waals surface area contributed by atoms with Crippen molar-refractivity contribution < 1.29 is 0 Å². The highest BCUT2D eigenvalue weighted by atomic mass is 35.5. The molecule has 0 aromatic heterocycles. The van der Waals surface area contributed by atoms with Crippen molar-refractivity contribution in [1.82, 2.24) is 9.91 Å². The van der Waals surface area contributed by atoms with Crippen molar-refractivity contribution in [2.45, 2.75) is 6.54 Å². The lowest BCUT2D eigenvalue weighted by atomic mass is 10.0. The monoisotopic (exact) mass is 389 g/mol. The Morgan fingerprint density at radius 1 is 0.750 bits per heavy atom. The molecule has 4 heteroatoms. The Morgan fingerprint density at radius 3 is 2.11 bits per heavy atom. The van der Waals surface area contributed by atoms with Crippen LogP contribution >= 0.6 is 11.6 Å². The molecule has 4 rings (SSSR count). The summed E-state index contributed by atoms with van der Waals surface area (Å²) in [6.07, 6.45) is 1.96. The van der Waals surface area contributed by atoms with Gasteiger partial charge in [0.25, 0.3) is 0 Å². The first-order valence-corrected chi connectivity index (χ1v) is 10.1. The standard InChI is InChI=1S/C24H24ClN3/c25-24-9-5-4-8-23(24)19-27-14-16-28(17-15-27)26-18-20-10-12-22(13-11-20)21-6-2-1-3-7-21/h1-13,18H,14-17,19H2/b26-18-. The Labute approximate surface area is 171 Å². The minimum absolute atomic E-state index is 0.849. The largest absolute Gasteiger partial charge is 0.295 e. The van der Waals surface area contributed by atoms with Gasteiger partial charge in [0, 0.05) is 37.7 Å². The van der Waals surface area contributed by atoms with Crippen molar-refractivity contribution in [1.29, 1.82) is 0 Å². The van der Waals surface area contributed by atoms with Crippen molar-refractivity contribution in [2.75, 3.05) is 26.2 Å². The van der Waals surface area contributed by atoms with E-state index in [0.29, 0.717) is 0 Å². The summed E-state index contributed by atoms with van der Waals surface area (Å²) in [5, 5.41) is 7.67. The van der Waals surface area contributed by atoms with E-state index in [9.17, 15) is 0 Å². The summed E-state index contributed by atoms with van der Waals surface area (Å²) < 4.78 is 0. The second-order valence-corrected chi connectivity index (χ2v) is 7.46. The van der Waals surface area contributed by atoms with Crippen LogP contribution in [0.2, 0.25) is 5.02 Å². The molecule has 3 nitrogen and oxygen atoms in total. The maximum Gasteiger partial charge on any atom is 0.0542 e. The average molecular weight is 390 g/mol. The van der Waals surface area contributed by atoms with E-state index in [0.717, 1.165) is 43.3 Å². The molecule has 3 aromatic carbocycles. The number of piperazine rings is 1. The maximum atomic E-state index is 6.28. The molecule has 1 saturated heterocycles. The second-order valence-electron chi connectivity index (χ2n) is 7.05. The third-order valence-electron chi connectivity index (χ3n) is 5.09. The van der Waals surface area contributed by atoms with Gasteiger partial charge in [-0.3, -0.25) is 9.91 Å². The second kappa shape index (κ2) is 9.05. The van der Waals surface area contributed by atoms with Crippen molar-refractivity contribution in [3.8, 4) is 11.1 Å². The topological polar surface area (TPSA) is 18.8 Å². The normalized spacial score (nSPS) is 15.2. The van der Waals surface area contributed by atoms with E-state index in [2.05, 4.69) is 69.6 Å². The van der Waals surface area contributed by atoms with Crippen LogP contribution in [0.3, 0.4) is 0 Å². The lowest BCUT2D eigenvalue weighted by Crippen LogP contribution is -2.43. The Bertz CT molecular complexity index is 914. The number of nitrogens with zero attached hydrogens (tertiary/aromatic N) is 3. The van der Waals surface area contributed by atoms with E-state index in [1.807, 2.05) is 30.5 Å². The van der Waals surface area contributed by atoms with Crippen molar-refractivity contribution in [3.05, 3.63) is 95.0 Å². The Kier molecular flexibility index (Phi) is 6.05. The molecule has 0 bridgehead atoms. The zero-order chi connectivity index (χ0) is 19.2. The molecule has 28 heavy (non-hydrogen) atoms. The lowest BCUT2D eigenvalue weighted by Gasteiger charge is -2.33. The lowest BCUT2D eigenvalue weighted by molar-refractivity contribution is 0.131. The van der Waals surface area contributed by atoms with E-state index < -0.39 is 0 Å². The van der Waals surface area contributed by atoms with Gasteiger partial charge in [-0.15, -0.1) is 0 Å². The van der Waals surface area contributed by atoms with Crippen molar-refractivity contribution in [2.24, 2.45) is 5.10 Å². The smallest absolute Gasteiger partial charge is 0.0542 e. The number of rotatable bonds is 5. The first-order chi connectivity index (χ1) is 13.8. The zero-order valence-electron chi connectivity index (χ0n) is 15.8. The van der Waals surface area contributed by atoms with Gasteiger partial charge in [-0.1, -0.05) is 84.4 Å². The molecule has 0 unspecified atom stereocenters. The molecule has 142 valence electrons. The predicted molar refractivity (Wildman–Crippen MR) is 118 cm³/mol. The van der Waals surface area contributed by atoms with E-state index >= 15 is 0 Å². The minimum atomic E-state index is 0.849. The summed E-state index contributed by atoms with van der Waals surface area (Å²) in [6.45, 7) is 4.76. The molecule has 0 atom stereocenters. The molecule has 0 N–H and O–H groups in total. The van der Waals surface area contributed by atoms with Crippen LogP contribution in [0.25, 0.3) is 11.1 Å². The number of hydrogen-bond donors (Lipinski definition) is 0. The Balaban J connectivity index is 1.30. The van der Waals surface area contributed by atoms with Gasteiger partial charge in [0.05, 0.1) is 6.21 Å². The van der Waals surface area contributed by atoms with Crippen molar-refractivity contribution in [3.63, 3.8) is 0 Å². The summed E-state index contributed by atoms with van der Waals surface area (Å²) in [6, 6.07) is 27.1. The van der Waals surface area contributed by atoms with E-state index in [4.69, 9.17) is 11.6 Å². The van der Waals surface area contributed by atoms with Crippen LogP contribution in [-0.2, 0) is 6.54 Å². The number of benzene rings is 3. The van der Waals surface area contributed by atoms with Gasteiger partial charge >= 0.3 is 0 Å². The minimum Gasteiger partial charge on any atom is -0.295 e. The molecule has 0 aliphatic carbocycles. The van der Waals surface area contributed by atoms with E-state index in [1.165, 1.54) is 16.7 Å². The third-order valence-corrected chi connectivity index (χ3v) is 5.46. The van der Waals surface area contributed by atoms with E-state index in [-0.39, 0.29) is 0 Å². The highest BCUT2D eigenvalue weighted by molar-refractivity contribution is 6.31. The quantitative estimate of drug-likeness (QED) is 0.561. The summed E-state index contributed by atoms with van der Waals surface area (Å²) in [4.78, 5) is 2.43. The molecule has 0 spiro atoms. The van der Waals surface area contributed by atoms with Crippen LogP contribution < -0.4 is 0 Å². The molecular formula is C24H24ClN3. The molecule has 0 amide bonds. The SMILES string of the molecule is Clc1ccccc1CN1CCN(/N=C\c2ccc(-c3ccccc3)cc2)CC1.